The number of H-pyrrole nitrogens is 1. The lowest BCUT2D eigenvalue weighted by Crippen LogP contribution is -2.31. The first kappa shape index (κ1) is 16.6. The summed E-state index contributed by atoms with van der Waals surface area (Å²) in [5, 5.41) is 22.7. The predicted octanol–water partition coefficient (Wildman–Crippen LogP) is 2.30. The Hall–Kier alpha value is -3.82. The van der Waals surface area contributed by atoms with Crippen molar-refractivity contribution in [3.05, 3.63) is 78.4 Å². The van der Waals surface area contributed by atoms with Gasteiger partial charge in [-0.05, 0) is 23.6 Å². The van der Waals surface area contributed by atoms with Crippen molar-refractivity contribution in [1.29, 1.82) is 0 Å². The highest BCUT2D eigenvalue weighted by Gasteiger charge is 2.26. The molecular weight excluding hydrogens is 354 g/mol. The number of anilines is 1. The molecule has 2 heterocycles. The van der Waals surface area contributed by atoms with Crippen molar-refractivity contribution < 1.29 is 9.85 Å². The number of non-ortho nitro benzene ring substituents is 1. The molecule has 1 aliphatic rings. The van der Waals surface area contributed by atoms with Crippen molar-refractivity contribution in [3.63, 3.8) is 0 Å². The van der Waals surface area contributed by atoms with E-state index in [-0.39, 0.29) is 16.8 Å². The van der Waals surface area contributed by atoms with Crippen LogP contribution >= 0.6 is 0 Å². The Balaban J connectivity index is 1.82. The maximum absolute atomic E-state index is 11.9. The summed E-state index contributed by atoms with van der Waals surface area (Å²) in [7, 11) is 0. The molecule has 136 valence electrons. The van der Waals surface area contributed by atoms with Crippen LogP contribution in [0.3, 0.4) is 0 Å². The third-order valence-corrected chi connectivity index (χ3v) is 4.69. The number of benzene rings is 2. The lowest BCUT2D eigenvalue weighted by atomic mass is 9.98. The number of nitro benzene ring substituents is 2. The Labute approximate surface area is 151 Å². The molecule has 0 amide bonds. The molecule has 0 saturated heterocycles. The summed E-state index contributed by atoms with van der Waals surface area (Å²) in [5.74, 6) is 0. The second-order valence-electron chi connectivity index (χ2n) is 6.23. The predicted molar refractivity (Wildman–Crippen MR) is 96.9 cm³/mol. The van der Waals surface area contributed by atoms with Gasteiger partial charge in [-0.3, -0.25) is 25.0 Å². The molecule has 27 heavy (non-hydrogen) atoms. The lowest BCUT2D eigenvalue weighted by molar-refractivity contribution is -0.384. The number of nitrogens with zero attached hydrogens (tertiary/aromatic N) is 4. The highest BCUT2D eigenvalue weighted by Crippen LogP contribution is 2.35. The summed E-state index contributed by atoms with van der Waals surface area (Å²) < 4.78 is 0. The molecule has 10 nitrogen and oxygen atoms in total. The summed E-state index contributed by atoms with van der Waals surface area (Å²) in [5.41, 5.74) is 1.76. The molecule has 0 unspecified atom stereocenters. The zero-order chi connectivity index (χ0) is 19.1. The average molecular weight is 367 g/mol. The van der Waals surface area contributed by atoms with Crippen molar-refractivity contribution in [3.8, 4) is 0 Å². The second kappa shape index (κ2) is 6.16. The Kier molecular flexibility index (Phi) is 3.80. The van der Waals surface area contributed by atoms with Crippen molar-refractivity contribution in [2.45, 2.75) is 13.0 Å². The minimum Gasteiger partial charge on any atom is -0.361 e. The minimum absolute atomic E-state index is 0.0168. The van der Waals surface area contributed by atoms with Gasteiger partial charge in [0.05, 0.1) is 27.1 Å². The fraction of sp³-hybridized carbons (Fsp3) is 0.176. The standard InChI is InChI=1S/C17H13N5O5/c23-17-13-6-16(22(26)27)15(7-14(13)18-9-19-17)20-4-3-10-1-2-12(21(24)25)5-11(10)8-20/h1-2,5-7,9H,3-4,8H2,(H,18,19,23). The smallest absolute Gasteiger partial charge is 0.293 e. The van der Waals surface area contributed by atoms with Gasteiger partial charge >= 0.3 is 0 Å². The number of hydrogen-bond donors (Lipinski definition) is 1. The number of aromatic nitrogens is 2. The zero-order valence-corrected chi connectivity index (χ0v) is 13.9. The molecule has 10 heteroatoms. The van der Waals surface area contributed by atoms with Crippen molar-refractivity contribution >= 4 is 28.0 Å². The fourth-order valence-corrected chi connectivity index (χ4v) is 3.35. The number of nitrogens with one attached hydrogen (secondary N) is 1. The monoisotopic (exact) mass is 367 g/mol. The largest absolute Gasteiger partial charge is 0.361 e. The van der Waals surface area contributed by atoms with E-state index in [1.807, 2.05) is 0 Å². The summed E-state index contributed by atoms with van der Waals surface area (Å²) in [6.45, 7) is 0.812. The Morgan fingerprint density at radius 1 is 1.07 bits per heavy atom. The quantitative estimate of drug-likeness (QED) is 0.554. The molecule has 0 radical (unpaired) electrons. The summed E-state index contributed by atoms with van der Waals surface area (Å²) in [6.07, 6.45) is 1.85. The Morgan fingerprint density at radius 3 is 2.63 bits per heavy atom. The van der Waals surface area contributed by atoms with Crippen LogP contribution in [-0.2, 0) is 13.0 Å². The molecule has 1 aromatic heterocycles. The van der Waals surface area contributed by atoms with Gasteiger partial charge in [0, 0.05) is 31.3 Å². The molecule has 2 aromatic carbocycles. The molecule has 0 aliphatic carbocycles. The van der Waals surface area contributed by atoms with Gasteiger partial charge in [0.1, 0.15) is 5.69 Å². The zero-order valence-electron chi connectivity index (χ0n) is 13.9. The van der Waals surface area contributed by atoms with E-state index in [0.717, 1.165) is 11.1 Å². The summed E-state index contributed by atoms with van der Waals surface area (Å²) in [6, 6.07) is 7.42. The fourth-order valence-electron chi connectivity index (χ4n) is 3.35. The highest BCUT2D eigenvalue weighted by molar-refractivity contribution is 5.87. The van der Waals surface area contributed by atoms with Crippen molar-refractivity contribution in [2.75, 3.05) is 11.4 Å². The summed E-state index contributed by atoms with van der Waals surface area (Å²) in [4.78, 5) is 41.8. The minimum atomic E-state index is -0.538. The summed E-state index contributed by atoms with van der Waals surface area (Å²) >= 11 is 0. The van der Waals surface area contributed by atoms with Gasteiger partial charge in [-0.15, -0.1) is 0 Å². The van der Waals surface area contributed by atoms with E-state index in [2.05, 4.69) is 9.97 Å². The van der Waals surface area contributed by atoms with Crippen LogP contribution in [0.5, 0.6) is 0 Å². The van der Waals surface area contributed by atoms with Gasteiger partial charge in [0.15, 0.2) is 0 Å². The normalized spacial score (nSPS) is 13.4. The lowest BCUT2D eigenvalue weighted by Gasteiger charge is -2.30. The van der Waals surface area contributed by atoms with Gasteiger partial charge in [0.25, 0.3) is 16.9 Å². The van der Waals surface area contributed by atoms with Gasteiger partial charge in [0.2, 0.25) is 0 Å². The third kappa shape index (κ3) is 2.86. The molecule has 0 atom stereocenters. The number of hydrogen-bond acceptors (Lipinski definition) is 7. The van der Waals surface area contributed by atoms with Crippen LogP contribution in [-0.4, -0.2) is 26.4 Å². The van der Waals surface area contributed by atoms with Gasteiger partial charge in [-0.25, -0.2) is 4.98 Å². The van der Waals surface area contributed by atoms with Gasteiger partial charge < -0.3 is 9.88 Å². The van der Waals surface area contributed by atoms with E-state index >= 15 is 0 Å². The molecule has 1 N–H and O–H groups in total. The number of fused-ring (bicyclic) bond motifs is 2. The molecule has 0 bridgehead atoms. The molecule has 1 aliphatic heterocycles. The van der Waals surface area contributed by atoms with Crippen molar-refractivity contribution in [1.82, 2.24) is 9.97 Å². The first-order valence-corrected chi connectivity index (χ1v) is 8.11. The Morgan fingerprint density at radius 2 is 1.89 bits per heavy atom. The van der Waals surface area contributed by atoms with Crippen LogP contribution in [0.1, 0.15) is 11.1 Å². The van der Waals surface area contributed by atoms with Crippen LogP contribution in [0.2, 0.25) is 0 Å². The number of rotatable bonds is 3. The van der Waals surface area contributed by atoms with Crippen LogP contribution in [0, 0.1) is 20.2 Å². The maximum atomic E-state index is 11.9. The first-order chi connectivity index (χ1) is 12.9. The number of nitro groups is 2. The third-order valence-electron chi connectivity index (χ3n) is 4.69. The van der Waals surface area contributed by atoms with E-state index in [1.165, 1.54) is 30.6 Å². The molecule has 0 fully saturated rings. The van der Waals surface area contributed by atoms with E-state index in [0.29, 0.717) is 30.7 Å². The van der Waals surface area contributed by atoms with Crippen LogP contribution in [0.15, 0.2) is 41.5 Å². The first-order valence-electron chi connectivity index (χ1n) is 8.11. The van der Waals surface area contributed by atoms with Gasteiger partial charge in [-0.1, -0.05) is 6.07 Å². The van der Waals surface area contributed by atoms with E-state index in [9.17, 15) is 25.0 Å². The van der Waals surface area contributed by atoms with E-state index in [4.69, 9.17) is 0 Å². The van der Waals surface area contributed by atoms with Crippen molar-refractivity contribution in [2.24, 2.45) is 0 Å². The molecule has 4 rings (SSSR count). The van der Waals surface area contributed by atoms with Crippen LogP contribution < -0.4 is 10.5 Å². The topological polar surface area (TPSA) is 135 Å². The molecule has 0 saturated carbocycles. The maximum Gasteiger partial charge on any atom is 0.293 e. The van der Waals surface area contributed by atoms with Crippen LogP contribution in [0.4, 0.5) is 17.1 Å². The SMILES string of the molecule is O=c1[nH]cnc2cc(N3CCc4ccc([N+](=O)[O-])cc4C3)c([N+](=O)[O-])cc12. The van der Waals surface area contributed by atoms with E-state index < -0.39 is 15.4 Å². The molecule has 3 aromatic rings. The Bertz CT molecular complexity index is 1160. The number of aromatic amines is 1. The van der Waals surface area contributed by atoms with Gasteiger partial charge in [-0.2, -0.15) is 0 Å². The molecule has 0 spiro atoms. The average Bonchev–Trinajstić information content (AvgIpc) is 2.66. The highest BCUT2D eigenvalue weighted by atomic mass is 16.6. The molecular formula is C17H13N5O5. The second-order valence-corrected chi connectivity index (χ2v) is 6.23. The van der Waals surface area contributed by atoms with Crippen LogP contribution in [0.25, 0.3) is 10.9 Å². The van der Waals surface area contributed by atoms with E-state index in [1.54, 1.807) is 11.0 Å².